The highest BCUT2D eigenvalue weighted by atomic mass is 127. The van der Waals surface area contributed by atoms with E-state index < -0.39 is 0 Å². The van der Waals surface area contributed by atoms with E-state index in [1.165, 1.54) is 0 Å². The van der Waals surface area contributed by atoms with Crippen LogP contribution in [0.15, 0.2) is 17.5 Å². The molecule has 2 rings (SSSR count). The number of fused-ring (bicyclic) bond motifs is 1. The normalized spacial score (nSPS) is 11.0. The third-order valence-electron chi connectivity index (χ3n) is 1.89. The van der Waals surface area contributed by atoms with Gasteiger partial charge in [-0.25, -0.2) is 0 Å². The molecule has 1 N–H and O–H groups in total. The molecule has 0 fully saturated rings. The van der Waals surface area contributed by atoms with Crippen molar-refractivity contribution in [1.29, 1.82) is 0 Å². The van der Waals surface area contributed by atoms with Crippen molar-refractivity contribution >= 4 is 55.6 Å². The van der Waals surface area contributed by atoms with Crippen LogP contribution in [0, 0.1) is 3.57 Å². The van der Waals surface area contributed by atoms with Crippen LogP contribution in [-0.4, -0.2) is 5.11 Å². The molecule has 0 radical (unpaired) electrons. The zero-order valence-electron chi connectivity index (χ0n) is 6.55. The number of aliphatic hydroxyl groups is 1. The van der Waals surface area contributed by atoms with E-state index in [4.69, 9.17) is 16.7 Å². The van der Waals surface area contributed by atoms with E-state index >= 15 is 0 Å². The maximum absolute atomic E-state index is 9.11. The molecule has 0 amide bonds. The Morgan fingerprint density at radius 3 is 3.00 bits per heavy atom. The molecule has 0 atom stereocenters. The zero-order valence-corrected chi connectivity index (χ0v) is 10.3. The third-order valence-corrected chi connectivity index (χ3v) is 4.33. The van der Waals surface area contributed by atoms with Gasteiger partial charge in [0.05, 0.1) is 16.3 Å². The van der Waals surface area contributed by atoms with Crippen LogP contribution in [0.1, 0.15) is 5.56 Å². The molecule has 1 nitrogen and oxygen atoms in total. The summed E-state index contributed by atoms with van der Waals surface area (Å²) in [6, 6.07) is 4.08. The molecule has 1 heterocycles. The van der Waals surface area contributed by atoms with Crippen molar-refractivity contribution in [2.75, 3.05) is 0 Å². The van der Waals surface area contributed by atoms with Gasteiger partial charge in [-0.1, -0.05) is 11.6 Å². The van der Waals surface area contributed by atoms with E-state index in [9.17, 15) is 0 Å². The minimum atomic E-state index is 0.00491. The smallest absolute Gasteiger partial charge is 0.0707 e. The molecule has 4 heteroatoms. The molecule has 0 aliphatic carbocycles. The summed E-state index contributed by atoms with van der Waals surface area (Å²) in [5, 5.41) is 13.0. The van der Waals surface area contributed by atoms with E-state index in [0.717, 1.165) is 19.2 Å². The Morgan fingerprint density at radius 1 is 1.54 bits per heavy atom. The minimum Gasteiger partial charge on any atom is -0.392 e. The maximum atomic E-state index is 9.11. The Balaban J connectivity index is 2.85. The number of hydrogen-bond donors (Lipinski definition) is 1. The highest BCUT2D eigenvalue weighted by Gasteiger charge is 2.09. The first-order valence-corrected chi connectivity index (χ1v) is 6.02. The van der Waals surface area contributed by atoms with Gasteiger partial charge in [-0.3, -0.25) is 0 Å². The average molecular weight is 325 g/mol. The molecule has 0 saturated carbocycles. The minimum absolute atomic E-state index is 0.00491. The van der Waals surface area contributed by atoms with Gasteiger partial charge in [-0.05, 0) is 45.5 Å². The molecule has 0 aliphatic rings. The second-order valence-electron chi connectivity index (χ2n) is 2.65. The third kappa shape index (κ3) is 1.58. The van der Waals surface area contributed by atoms with E-state index in [2.05, 4.69) is 22.6 Å². The topological polar surface area (TPSA) is 20.2 Å². The maximum Gasteiger partial charge on any atom is 0.0707 e. The molecule has 1 aromatic heterocycles. The Kier molecular flexibility index (Phi) is 2.78. The quantitative estimate of drug-likeness (QED) is 0.794. The van der Waals surface area contributed by atoms with Crippen molar-refractivity contribution < 1.29 is 5.11 Å². The first-order valence-electron chi connectivity index (χ1n) is 3.69. The first-order chi connectivity index (χ1) is 6.24. The SMILES string of the molecule is OCc1c(I)cc2ccsc2c1Cl. The van der Waals surface area contributed by atoms with Gasteiger partial charge in [0.15, 0.2) is 0 Å². The predicted octanol–water partition coefficient (Wildman–Crippen LogP) is 3.65. The second kappa shape index (κ2) is 3.73. The van der Waals surface area contributed by atoms with Crippen LogP contribution < -0.4 is 0 Å². The summed E-state index contributed by atoms with van der Waals surface area (Å²) < 4.78 is 2.09. The molecule has 13 heavy (non-hydrogen) atoms. The van der Waals surface area contributed by atoms with Gasteiger partial charge in [0.25, 0.3) is 0 Å². The standard InChI is InChI=1S/C9H6ClIOS/c10-8-6(4-12)7(11)3-5-1-2-13-9(5)8/h1-3,12H,4H2. The highest BCUT2D eigenvalue weighted by Crippen LogP contribution is 2.34. The largest absolute Gasteiger partial charge is 0.392 e. The van der Waals surface area contributed by atoms with Crippen molar-refractivity contribution in [2.24, 2.45) is 0 Å². The number of benzene rings is 1. The van der Waals surface area contributed by atoms with Crippen molar-refractivity contribution in [2.45, 2.75) is 6.61 Å². The van der Waals surface area contributed by atoms with Crippen molar-refractivity contribution in [3.63, 3.8) is 0 Å². The summed E-state index contributed by atoms with van der Waals surface area (Å²) in [6.07, 6.45) is 0. The fraction of sp³-hybridized carbons (Fsp3) is 0.111. The van der Waals surface area contributed by atoms with Crippen molar-refractivity contribution in [1.82, 2.24) is 0 Å². The van der Waals surface area contributed by atoms with Crippen LogP contribution in [-0.2, 0) is 6.61 Å². The monoisotopic (exact) mass is 324 g/mol. The number of hydrogen-bond acceptors (Lipinski definition) is 2. The van der Waals surface area contributed by atoms with Crippen molar-refractivity contribution in [3.8, 4) is 0 Å². The number of rotatable bonds is 1. The Morgan fingerprint density at radius 2 is 2.31 bits per heavy atom. The van der Waals surface area contributed by atoms with Crippen LogP contribution in [0.4, 0.5) is 0 Å². The number of thiophene rings is 1. The highest BCUT2D eigenvalue weighted by molar-refractivity contribution is 14.1. The second-order valence-corrected chi connectivity index (χ2v) is 5.10. The fourth-order valence-electron chi connectivity index (χ4n) is 1.22. The van der Waals surface area contributed by atoms with Gasteiger partial charge in [0.1, 0.15) is 0 Å². The molecule has 1 aromatic carbocycles. The summed E-state index contributed by atoms with van der Waals surface area (Å²) in [5.41, 5.74) is 0.831. The summed E-state index contributed by atoms with van der Waals surface area (Å²) in [6.45, 7) is 0.00491. The fourth-order valence-corrected chi connectivity index (χ4v) is 3.40. The number of halogens is 2. The molecule has 0 aliphatic heterocycles. The van der Waals surface area contributed by atoms with Crippen LogP contribution in [0.2, 0.25) is 5.02 Å². The lowest BCUT2D eigenvalue weighted by atomic mass is 10.2. The molecule has 0 unspecified atom stereocenters. The average Bonchev–Trinajstić information content (AvgIpc) is 2.53. The molecule has 0 spiro atoms. The Bertz CT molecular complexity index is 452. The van der Waals surface area contributed by atoms with Gasteiger partial charge in [0, 0.05) is 9.13 Å². The van der Waals surface area contributed by atoms with Crippen molar-refractivity contribution in [3.05, 3.63) is 31.7 Å². The molecular weight excluding hydrogens is 319 g/mol. The Labute approximate surface area is 98.5 Å². The van der Waals surface area contributed by atoms with Crippen LogP contribution in [0.25, 0.3) is 10.1 Å². The Hall–Kier alpha value is 0.160. The van der Waals surface area contributed by atoms with Gasteiger partial charge in [-0.2, -0.15) is 0 Å². The van der Waals surface area contributed by atoms with Gasteiger partial charge < -0.3 is 5.11 Å². The molecule has 2 aromatic rings. The summed E-state index contributed by atoms with van der Waals surface area (Å²) in [4.78, 5) is 0. The molecule has 68 valence electrons. The lowest BCUT2D eigenvalue weighted by Crippen LogP contribution is -1.89. The predicted molar refractivity (Wildman–Crippen MR) is 65.5 cm³/mol. The van der Waals surface area contributed by atoms with Crippen LogP contribution in [0.5, 0.6) is 0 Å². The molecule has 0 saturated heterocycles. The van der Waals surface area contributed by atoms with Gasteiger partial charge in [-0.15, -0.1) is 11.3 Å². The van der Waals surface area contributed by atoms with Gasteiger partial charge >= 0.3 is 0 Å². The van der Waals surface area contributed by atoms with E-state index in [0.29, 0.717) is 5.02 Å². The van der Waals surface area contributed by atoms with E-state index in [1.807, 2.05) is 17.5 Å². The molecular formula is C9H6ClIOS. The molecule has 0 bridgehead atoms. The van der Waals surface area contributed by atoms with E-state index in [-0.39, 0.29) is 6.61 Å². The van der Waals surface area contributed by atoms with Crippen LogP contribution in [0.3, 0.4) is 0 Å². The number of aliphatic hydroxyl groups excluding tert-OH is 1. The summed E-state index contributed by atoms with van der Waals surface area (Å²) in [7, 11) is 0. The lowest BCUT2D eigenvalue weighted by Gasteiger charge is -2.04. The zero-order chi connectivity index (χ0) is 9.42. The summed E-state index contributed by atoms with van der Waals surface area (Å²) in [5.74, 6) is 0. The first kappa shape index (κ1) is 9.71. The summed E-state index contributed by atoms with van der Waals surface area (Å²) >= 11 is 9.93. The van der Waals surface area contributed by atoms with Gasteiger partial charge in [0.2, 0.25) is 0 Å². The van der Waals surface area contributed by atoms with Crippen LogP contribution >= 0.6 is 45.5 Å². The lowest BCUT2D eigenvalue weighted by molar-refractivity contribution is 0.281. The van der Waals surface area contributed by atoms with E-state index in [1.54, 1.807) is 11.3 Å².